The highest BCUT2D eigenvalue weighted by Gasteiger charge is 2.11. The topological polar surface area (TPSA) is 9.23 Å². The Bertz CT molecular complexity index is 570. The average molecular weight is 242 g/mol. The minimum atomic E-state index is -0.235. The molecular weight excluding hydrogens is 227 g/mol. The summed E-state index contributed by atoms with van der Waals surface area (Å²) in [6.07, 6.45) is 1.76. The molecule has 0 fully saturated rings. The van der Waals surface area contributed by atoms with Crippen LogP contribution in [-0.4, -0.2) is 7.11 Å². The molecule has 0 saturated heterocycles. The third-order valence-corrected chi connectivity index (χ3v) is 3.01. The lowest BCUT2D eigenvalue weighted by atomic mass is 10.0. The van der Waals surface area contributed by atoms with Crippen LogP contribution in [0.25, 0.3) is 17.2 Å². The van der Waals surface area contributed by atoms with Crippen molar-refractivity contribution < 1.29 is 9.13 Å². The Hall–Kier alpha value is -2.09. The van der Waals surface area contributed by atoms with Gasteiger partial charge in [-0.3, -0.25) is 0 Å². The van der Waals surface area contributed by atoms with Crippen molar-refractivity contribution in [1.29, 1.82) is 0 Å². The largest absolute Gasteiger partial charge is 0.496 e. The van der Waals surface area contributed by atoms with Crippen molar-refractivity contribution in [3.8, 4) is 16.9 Å². The van der Waals surface area contributed by atoms with Gasteiger partial charge in [-0.1, -0.05) is 36.9 Å². The van der Waals surface area contributed by atoms with Crippen molar-refractivity contribution in [1.82, 2.24) is 0 Å². The van der Waals surface area contributed by atoms with E-state index < -0.39 is 0 Å². The molecule has 0 amide bonds. The summed E-state index contributed by atoms with van der Waals surface area (Å²) in [7, 11) is 1.54. The predicted molar refractivity (Wildman–Crippen MR) is 73.2 cm³/mol. The van der Waals surface area contributed by atoms with Gasteiger partial charge < -0.3 is 4.74 Å². The fourth-order valence-electron chi connectivity index (χ4n) is 1.91. The summed E-state index contributed by atoms with van der Waals surface area (Å²) in [5.74, 6) is 0.333. The molecule has 0 atom stereocenters. The first-order chi connectivity index (χ1) is 8.67. The van der Waals surface area contributed by atoms with E-state index in [1.54, 1.807) is 32.2 Å². The van der Waals surface area contributed by atoms with Crippen LogP contribution in [0.15, 0.2) is 43.0 Å². The Balaban J connectivity index is 2.50. The van der Waals surface area contributed by atoms with Gasteiger partial charge in [0.1, 0.15) is 11.6 Å². The quantitative estimate of drug-likeness (QED) is 0.772. The Morgan fingerprint density at radius 1 is 1.11 bits per heavy atom. The summed E-state index contributed by atoms with van der Waals surface area (Å²) >= 11 is 0. The van der Waals surface area contributed by atoms with Gasteiger partial charge >= 0.3 is 0 Å². The van der Waals surface area contributed by atoms with E-state index in [0.717, 1.165) is 11.1 Å². The molecule has 92 valence electrons. The van der Waals surface area contributed by atoms with Gasteiger partial charge in [-0.15, -0.1) is 0 Å². The molecule has 0 heterocycles. The Labute approximate surface area is 107 Å². The molecule has 0 aliphatic heterocycles. The summed E-state index contributed by atoms with van der Waals surface area (Å²) in [5.41, 5.74) is 2.99. The van der Waals surface area contributed by atoms with E-state index in [-0.39, 0.29) is 5.82 Å². The van der Waals surface area contributed by atoms with Crippen molar-refractivity contribution in [2.75, 3.05) is 7.11 Å². The van der Waals surface area contributed by atoms with E-state index in [9.17, 15) is 4.39 Å². The van der Waals surface area contributed by atoms with Crippen LogP contribution in [0.3, 0.4) is 0 Å². The summed E-state index contributed by atoms with van der Waals surface area (Å²) in [6.45, 7) is 5.42. The number of rotatable bonds is 3. The fourth-order valence-corrected chi connectivity index (χ4v) is 1.91. The lowest BCUT2D eigenvalue weighted by Gasteiger charge is -2.10. The van der Waals surface area contributed by atoms with Crippen LogP contribution in [0.2, 0.25) is 0 Å². The van der Waals surface area contributed by atoms with Gasteiger partial charge in [-0.2, -0.15) is 0 Å². The number of benzene rings is 2. The monoisotopic (exact) mass is 242 g/mol. The first kappa shape index (κ1) is 12.4. The molecular formula is C16H15FO. The second-order valence-corrected chi connectivity index (χ2v) is 4.08. The Morgan fingerprint density at radius 2 is 1.78 bits per heavy atom. The minimum absolute atomic E-state index is 0.235. The molecule has 0 N–H and O–H groups in total. The summed E-state index contributed by atoms with van der Waals surface area (Å²) in [4.78, 5) is 0. The van der Waals surface area contributed by atoms with Crippen LogP contribution in [-0.2, 0) is 0 Å². The van der Waals surface area contributed by atoms with E-state index >= 15 is 0 Å². The standard InChI is InChI=1S/C16H15FO/c1-4-12-5-7-13(8-6-12)14-9-10-15(18-3)11(2)16(14)17/h4-10H,1H2,2-3H3. The highest BCUT2D eigenvalue weighted by Crippen LogP contribution is 2.30. The van der Waals surface area contributed by atoms with Crippen LogP contribution in [0.5, 0.6) is 5.75 Å². The van der Waals surface area contributed by atoms with Crippen molar-refractivity contribution in [2.24, 2.45) is 0 Å². The number of methoxy groups -OCH3 is 1. The highest BCUT2D eigenvalue weighted by atomic mass is 19.1. The van der Waals surface area contributed by atoms with E-state index in [4.69, 9.17) is 4.74 Å². The third kappa shape index (κ3) is 2.14. The molecule has 2 aromatic carbocycles. The SMILES string of the molecule is C=Cc1ccc(-c2ccc(OC)c(C)c2F)cc1. The molecule has 0 saturated carbocycles. The van der Waals surface area contributed by atoms with Gasteiger partial charge in [0.25, 0.3) is 0 Å². The maximum Gasteiger partial charge on any atom is 0.137 e. The minimum Gasteiger partial charge on any atom is -0.496 e. The molecule has 18 heavy (non-hydrogen) atoms. The van der Waals surface area contributed by atoms with Crippen LogP contribution >= 0.6 is 0 Å². The third-order valence-electron chi connectivity index (χ3n) is 3.01. The van der Waals surface area contributed by atoms with Gasteiger partial charge in [-0.05, 0) is 30.2 Å². The van der Waals surface area contributed by atoms with Crippen LogP contribution in [0.4, 0.5) is 4.39 Å². The number of hydrogen-bond acceptors (Lipinski definition) is 1. The zero-order chi connectivity index (χ0) is 13.1. The molecule has 0 unspecified atom stereocenters. The number of ether oxygens (including phenoxy) is 1. The van der Waals surface area contributed by atoms with Gasteiger partial charge in [0.2, 0.25) is 0 Å². The van der Waals surface area contributed by atoms with Gasteiger partial charge in [0, 0.05) is 11.1 Å². The van der Waals surface area contributed by atoms with E-state index in [0.29, 0.717) is 16.9 Å². The summed E-state index contributed by atoms with van der Waals surface area (Å²) in [5, 5.41) is 0. The number of hydrogen-bond donors (Lipinski definition) is 0. The number of halogens is 1. The maximum atomic E-state index is 14.2. The lowest BCUT2D eigenvalue weighted by Crippen LogP contribution is -1.93. The molecule has 0 aliphatic carbocycles. The van der Waals surface area contributed by atoms with E-state index in [2.05, 4.69) is 6.58 Å². The maximum absolute atomic E-state index is 14.2. The van der Waals surface area contributed by atoms with Crippen molar-refractivity contribution in [3.05, 3.63) is 59.9 Å². The fraction of sp³-hybridized carbons (Fsp3) is 0.125. The van der Waals surface area contributed by atoms with Gasteiger partial charge in [0.05, 0.1) is 7.11 Å². The summed E-state index contributed by atoms with van der Waals surface area (Å²) < 4.78 is 19.3. The molecule has 2 aromatic rings. The van der Waals surface area contributed by atoms with Gasteiger partial charge in [0.15, 0.2) is 0 Å². The molecule has 0 aromatic heterocycles. The molecule has 1 nitrogen and oxygen atoms in total. The smallest absolute Gasteiger partial charge is 0.137 e. The zero-order valence-corrected chi connectivity index (χ0v) is 10.5. The molecule has 0 bridgehead atoms. The van der Waals surface area contributed by atoms with Crippen LogP contribution in [0, 0.1) is 12.7 Å². The predicted octanol–water partition coefficient (Wildman–Crippen LogP) is 4.45. The Kier molecular flexibility index (Phi) is 3.47. The molecule has 2 rings (SSSR count). The van der Waals surface area contributed by atoms with Gasteiger partial charge in [-0.25, -0.2) is 4.39 Å². The molecule has 2 heteroatoms. The summed E-state index contributed by atoms with van der Waals surface area (Å²) in [6, 6.07) is 11.1. The second kappa shape index (κ2) is 5.05. The first-order valence-corrected chi connectivity index (χ1v) is 5.73. The van der Waals surface area contributed by atoms with Crippen molar-refractivity contribution >= 4 is 6.08 Å². The van der Waals surface area contributed by atoms with E-state index in [1.807, 2.05) is 24.3 Å². The average Bonchev–Trinajstić information content (AvgIpc) is 2.42. The Morgan fingerprint density at radius 3 is 2.33 bits per heavy atom. The van der Waals surface area contributed by atoms with Crippen molar-refractivity contribution in [3.63, 3.8) is 0 Å². The molecule has 0 radical (unpaired) electrons. The lowest BCUT2D eigenvalue weighted by molar-refractivity contribution is 0.407. The first-order valence-electron chi connectivity index (χ1n) is 5.73. The second-order valence-electron chi connectivity index (χ2n) is 4.08. The molecule has 0 spiro atoms. The highest BCUT2D eigenvalue weighted by molar-refractivity contribution is 5.68. The van der Waals surface area contributed by atoms with Crippen molar-refractivity contribution in [2.45, 2.75) is 6.92 Å². The molecule has 0 aliphatic rings. The van der Waals surface area contributed by atoms with E-state index in [1.165, 1.54) is 0 Å². The zero-order valence-electron chi connectivity index (χ0n) is 10.5. The van der Waals surface area contributed by atoms with Crippen LogP contribution < -0.4 is 4.74 Å². The van der Waals surface area contributed by atoms with Crippen LogP contribution in [0.1, 0.15) is 11.1 Å². The normalized spacial score (nSPS) is 10.2.